The lowest BCUT2D eigenvalue weighted by molar-refractivity contribution is 0.0699. The average molecular weight is 290 g/mol. The summed E-state index contributed by atoms with van der Waals surface area (Å²) in [5.74, 6) is 0.101. The molecule has 2 aromatic rings. The quantitative estimate of drug-likeness (QED) is 0.857. The number of aliphatic hydroxyl groups is 1. The molecule has 0 spiro atoms. The molecule has 1 unspecified atom stereocenters. The first-order valence-electron chi connectivity index (χ1n) is 7.35. The van der Waals surface area contributed by atoms with Crippen LogP contribution in [0.15, 0.2) is 18.2 Å². The van der Waals surface area contributed by atoms with E-state index in [1.807, 2.05) is 24.5 Å². The summed E-state index contributed by atoms with van der Waals surface area (Å²) in [6, 6.07) is 5.08. The number of imidazole rings is 1. The van der Waals surface area contributed by atoms with Crippen LogP contribution >= 0.6 is 0 Å². The van der Waals surface area contributed by atoms with Crippen LogP contribution in [-0.4, -0.2) is 32.3 Å². The minimum Gasteiger partial charge on any atom is -0.478 e. The summed E-state index contributed by atoms with van der Waals surface area (Å²) >= 11 is 0. The molecule has 0 aliphatic heterocycles. The summed E-state index contributed by atoms with van der Waals surface area (Å²) in [6.07, 6.45) is 1.68. The number of carboxylic acid groups (broad SMARTS) is 1. The SMILES string of the molecule is CCCc1nc2c(C(=O)O)cccc2n1C(CO)C(C)C. The molecule has 0 fully saturated rings. The summed E-state index contributed by atoms with van der Waals surface area (Å²) in [6.45, 7) is 6.16. The molecule has 0 amide bonds. The Morgan fingerprint density at radius 3 is 2.62 bits per heavy atom. The van der Waals surface area contributed by atoms with Crippen molar-refractivity contribution in [3.05, 3.63) is 29.6 Å². The lowest BCUT2D eigenvalue weighted by Gasteiger charge is -2.23. The van der Waals surface area contributed by atoms with Crippen LogP contribution in [0.1, 0.15) is 49.4 Å². The molecule has 0 saturated heterocycles. The van der Waals surface area contributed by atoms with Crippen molar-refractivity contribution in [3.8, 4) is 0 Å². The summed E-state index contributed by atoms with van der Waals surface area (Å²) in [5, 5.41) is 19.1. The maximum atomic E-state index is 11.4. The van der Waals surface area contributed by atoms with Crippen molar-refractivity contribution in [1.29, 1.82) is 0 Å². The number of carboxylic acids is 1. The van der Waals surface area contributed by atoms with Crippen LogP contribution < -0.4 is 0 Å². The van der Waals surface area contributed by atoms with Crippen molar-refractivity contribution < 1.29 is 15.0 Å². The lowest BCUT2D eigenvalue weighted by atomic mass is 10.0. The van der Waals surface area contributed by atoms with Gasteiger partial charge in [-0.1, -0.05) is 26.8 Å². The minimum absolute atomic E-state index is 0.0111. The number of aryl methyl sites for hydroxylation is 1. The van der Waals surface area contributed by atoms with Crippen molar-refractivity contribution in [3.63, 3.8) is 0 Å². The van der Waals surface area contributed by atoms with Gasteiger partial charge in [-0.25, -0.2) is 9.78 Å². The highest BCUT2D eigenvalue weighted by molar-refractivity contribution is 6.01. The summed E-state index contributed by atoms with van der Waals surface area (Å²) < 4.78 is 2.01. The number of benzene rings is 1. The Balaban J connectivity index is 2.74. The highest BCUT2D eigenvalue weighted by atomic mass is 16.4. The molecule has 2 N–H and O–H groups in total. The maximum Gasteiger partial charge on any atom is 0.337 e. The zero-order valence-corrected chi connectivity index (χ0v) is 12.7. The van der Waals surface area contributed by atoms with Gasteiger partial charge >= 0.3 is 5.97 Å². The number of para-hydroxylation sites is 1. The number of aromatic nitrogens is 2. The minimum atomic E-state index is -0.974. The standard InChI is InChI=1S/C16H22N2O3/c1-4-6-14-17-15-11(16(20)21)7-5-8-12(15)18(14)13(9-19)10(2)3/h5,7-8,10,13,19H,4,6,9H2,1-3H3,(H,20,21). The number of aliphatic hydroxyl groups excluding tert-OH is 1. The Labute approximate surface area is 124 Å². The van der Waals surface area contributed by atoms with Gasteiger partial charge in [0.15, 0.2) is 0 Å². The molecule has 5 heteroatoms. The first kappa shape index (κ1) is 15.5. The molecular formula is C16H22N2O3. The summed E-state index contributed by atoms with van der Waals surface area (Å²) in [4.78, 5) is 15.9. The second-order valence-corrected chi connectivity index (χ2v) is 5.62. The molecule has 21 heavy (non-hydrogen) atoms. The van der Waals surface area contributed by atoms with Crippen molar-refractivity contribution >= 4 is 17.0 Å². The molecule has 1 aromatic heterocycles. The van der Waals surface area contributed by atoms with Gasteiger partial charge in [0.25, 0.3) is 0 Å². The Morgan fingerprint density at radius 2 is 2.10 bits per heavy atom. The van der Waals surface area contributed by atoms with E-state index >= 15 is 0 Å². The van der Waals surface area contributed by atoms with Gasteiger partial charge in [0.1, 0.15) is 11.3 Å². The fourth-order valence-corrected chi connectivity index (χ4v) is 2.70. The van der Waals surface area contributed by atoms with E-state index in [0.29, 0.717) is 5.52 Å². The van der Waals surface area contributed by atoms with E-state index in [1.165, 1.54) is 0 Å². The Bertz CT molecular complexity index is 646. The van der Waals surface area contributed by atoms with E-state index in [2.05, 4.69) is 11.9 Å². The largest absolute Gasteiger partial charge is 0.478 e. The van der Waals surface area contributed by atoms with Gasteiger partial charge in [-0.05, 0) is 24.5 Å². The monoisotopic (exact) mass is 290 g/mol. The molecule has 0 bridgehead atoms. The third kappa shape index (κ3) is 2.78. The highest BCUT2D eigenvalue weighted by Gasteiger charge is 2.23. The van der Waals surface area contributed by atoms with Crippen LogP contribution in [0.25, 0.3) is 11.0 Å². The Kier molecular flexibility index (Phi) is 4.63. The second-order valence-electron chi connectivity index (χ2n) is 5.62. The first-order valence-corrected chi connectivity index (χ1v) is 7.35. The molecule has 2 rings (SSSR count). The number of hydrogen-bond acceptors (Lipinski definition) is 3. The van der Waals surface area contributed by atoms with E-state index < -0.39 is 5.97 Å². The van der Waals surface area contributed by atoms with Gasteiger partial charge in [0, 0.05) is 6.42 Å². The van der Waals surface area contributed by atoms with E-state index in [9.17, 15) is 15.0 Å². The van der Waals surface area contributed by atoms with E-state index in [-0.39, 0.29) is 24.1 Å². The highest BCUT2D eigenvalue weighted by Crippen LogP contribution is 2.28. The van der Waals surface area contributed by atoms with Crippen LogP contribution in [0.2, 0.25) is 0 Å². The normalized spacial score (nSPS) is 13.0. The van der Waals surface area contributed by atoms with Crippen molar-refractivity contribution in [2.75, 3.05) is 6.61 Å². The van der Waals surface area contributed by atoms with Crippen LogP contribution in [0.3, 0.4) is 0 Å². The first-order chi connectivity index (χ1) is 10.0. The third-order valence-electron chi connectivity index (χ3n) is 3.79. The molecular weight excluding hydrogens is 268 g/mol. The fraction of sp³-hybridized carbons (Fsp3) is 0.500. The summed E-state index contributed by atoms with van der Waals surface area (Å²) in [5.41, 5.74) is 1.50. The van der Waals surface area contributed by atoms with Gasteiger partial charge < -0.3 is 14.8 Å². The van der Waals surface area contributed by atoms with Crippen LogP contribution in [0.5, 0.6) is 0 Å². The lowest BCUT2D eigenvalue weighted by Crippen LogP contribution is -2.21. The molecule has 0 radical (unpaired) electrons. The van der Waals surface area contributed by atoms with Crippen molar-refractivity contribution in [2.24, 2.45) is 5.92 Å². The van der Waals surface area contributed by atoms with E-state index in [0.717, 1.165) is 24.2 Å². The Morgan fingerprint density at radius 1 is 1.38 bits per heavy atom. The van der Waals surface area contributed by atoms with E-state index in [1.54, 1.807) is 12.1 Å². The Hall–Kier alpha value is -1.88. The second kappa shape index (κ2) is 6.26. The number of hydrogen-bond donors (Lipinski definition) is 2. The number of fused-ring (bicyclic) bond motifs is 1. The molecule has 0 saturated carbocycles. The topological polar surface area (TPSA) is 75.3 Å². The molecule has 0 aliphatic rings. The molecule has 5 nitrogen and oxygen atoms in total. The predicted octanol–water partition coefficient (Wildman–Crippen LogP) is 2.88. The number of aromatic carboxylic acids is 1. The number of carbonyl (C=O) groups is 1. The van der Waals surface area contributed by atoms with Gasteiger partial charge in [0.2, 0.25) is 0 Å². The number of nitrogens with zero attached hydrogens (tertiary/aromatic N) is 2. The van der Waals surface area contributed by atoms with Gasteiger partial charge in [-0.3, -0.25) is 0 Å². The van der Waals surface area contributed by atoms with Gasteiger partial charge in [-0.15, -0.1) is 0 Å². The molecule has 1 atom stereocenters. The maximum absolute atomic E-state index is 11.4. The fourth-order valence-electron chi connectivity index (χ4n) is 2.70. The average Bonchev–Trinajstić information content (AvgIpc) is 2.78. The van der Waals surface area contributed by atoms with E-state index in [4.69, 9.17) is 0 Å². The zero-order chi connectivity index (χ0) is 15.6. The van der Waals surface area contributed by atoms with Gasteiger partial charge in [-0.2, -0.15) is 0 Å². The third-order valence-corrected chi connectivity index (χ3v) is 3.79. The van der Waals surface area contributed by atoms with Crippen molar-refractivity contribution in [2.45, 2.75) is 39.7 Å². The molecule has 1 heterocycles. The smallest absolute Gasteiger partial charge is 0.337 e. The van der Waals surface area contributed by atoms with Crippen LogP contribution in [0, 0.1) is 5.92 Å². The molecule has 114 valence electrons. The van der Waals surface area contributed by atoms with Crippen LogP contribution in [-0.2, 0) is 6.42 Å². The van der Waals surface area contributed by atoms with Crippen LogP contribution in [0.4, 0.5) is 0 Å². The zero-order valence-electron chi connectivity index (χ0n) is 12.7. The summed E-state index contributed by atoms with van der Waals surface area (Å²) in [7, 11) is 0. The number of rotatable bonds is 6. The van der Waals surface area contributed by atoms with Crippen molar-refractivity contribution in [1.82, 2.24) is 9.55 Å². The van der Waals surface area contributed by atoms with Gasteiger partial charge in [0.05, 0.1) is 23.7 Å². The molecule has 1 aromatic carbocycles. The molecule has 0 aliphatic carbocycles. The predicted molar refractivity (Wildman–Crippen MR) is 81.6 cm³/mol.